The lowest BCUT2D eigenvalue weighted by molar-refractivity contribution is -0.141. The van der Waals surface area contributed by atoms with Crippen molar-refractivity contribution in [3.63, 3.8) is 0 Å². The second-order valence-electron chi connectivity index (χ2n) is 9.65. The largest absolute Gasteiger partial charge is 0.496 e. The van der Waals surface area contributed by atoms with Gasteiger partial charge in [-0.3, -0.25) is 24.1 Å². The Morgan fingerprint density at radius 1 is 1.15 bits per heavy atom. The molecule has 13 nitrogen and oxygen atoms in total. The summed E-state index contributed by atoms with van der Waals surface area (Å²) >= 11 is 0. The second kappa shape index (κ2) is 13.8. The average molecular weight is 546 g/mol. The minimum absolute atomic E-state index is 0.00397. The van der Waals surface area contributed by atoms with Crippen LogP contribution >= 0.6 is 0 Å². The highest BCUT2D eigenvalue weighted by molar-refractivity contribution is 5.95. The molecule has 2 aromatic rings. The molecule has 1 fully saturated rings. The van der Waals surface area contributed by atoms with Crippen molar-refractivity contribution in [3.8, 4) is 17.2 Å². The van der Waals surface area contributed by atoms with Gasteiger partial charge >= 0.3 is 5.97 Å². The number of benzene rings is 1. The summed E-state index contributed by atoms with van der Waals surface area (Å²) in [6.45, 7) is 7.22. The number of carboxylic acids is 1. The topological polar surface area (TPSA) is 173 Å². The average Bonchev–Trinajstić information content (AvgIpc) is 3.33. The molecule has 2 atom stereocenters. The molecule has 0 saturated carbocycles. The lowest BCUT2D eigenvalue weighted by Gasteiger charge is -2.28. The third-order valence-corrected chi connectivity index (χ3v) is 6.24. The molecule has 3 rings (SSSR count). The zero-order valence-electron chi connectivity index (χ0n) is 22.6. The number of amides is 2. The standard InChI is InChI=1S/C26H35N5O8/c1-15(2)24(25(36)28-19(13-23(34)35)20(32)14-31-7-9-38-10-8-31)29-22(33)12-18-11-17(5-6-21(18)37-4)26-27-16(3)30-39-26/h5-6,11,15,19,24H,7-10,12-14H2,1-4H3,(H,28,36)(H,29,33)(H,34,35)/t19?,24-/m0/s1. The fourth-order valence-electron chi connectivity index (χ4n) is 4.17. The van der Waals surface area contributed by atoms with Gasteiger partial charge in [0.25, 0.3) is 5.89 Å². The van der Waals surface area contributed by atoms with E-state index in [1.807, 2.05) is 4.90 Å². The number of carboxylic acid groups (broad SMARTS) is 1. The van der Waals surface area contributed by atoms with Crippen LogP contribution in [0.25, 0.3) is 11.5 Å². The fraction of sp³-hybridized carbons (Fsp3) is 0.538. The number of aryl methyl sites for hydroxylation is 1. The Morgan fingerprint density at radius 3 is 2.46 bits per heavy atom. The van der Waals surface area contributed by atoms with E-state index in [4.69, 9.17) is 14.0 Å². The van der Waals surface area contributed by atoms with E-state index in [-0.39, 0.29) is 18.9 Å². The van der Waals surface area contributed by atoms with E-state index in [1.54, 1.807) is 39.0 Å². The number of hydrogen-bond donors (Lipinski definition) is 3. The van der Waals surface area contributed by atoms with Gasteiger partial charge in [-0.1, -0.05) is 19.0 Å². The van der Waals surface area contributed by atoms with Crippen LogP contribution < -0.4 is 15.4 Å². The molecule has 2 heterocycles. The maximum Gasteiger partial charge on any atom is 0.305 e. The van der Waals surface area contributed by atoms with Crippen molar-refractivity contribution in [1.82, 2.24) is 25.7 Å². The Bertz CT molecular complexity index is 1170. The fourth-order valence-corrected chi connectivity index (χ4v) is 4.17. The van der Waals surface area contributed by atoms with Crippen molar-refractivity contribution in [2.24, 2.45) is 5.92 Å². The first kappa shape index (κ1) is 29.7. The molecule has 13 heteroatoms. The third-order valence-electron chi connectivity index (χ3n) is 6.24. The predicted octanol–water partition coefficient (Wildman–Crippen LogP) is 0.598. The van der Waals surface area contributed by atoms with Crippen molar-refractivity contribution < 1.29 is 38.3 Å². The van der Waals surface area contributed by atoms with Crippen LogP contribution in [0.4, 0.5) is 0 Å². The molecule has 1 saturated heterocycles. The number of hydrogen-bond acceptors (Lipinski definition) is 10. The van der Waals surface area contributed by atoms with E-state index in [1.165, 1.54) is 7.11 Å². The van der Waals surface area contributed by atoms with Gasteiger partial charge in [-0.25, -0.2) is 0 Å². The van der Waals surface area contributed by atoms with Crippen LogP contribution in [0.2, 0.25) is 0 Å². The highest BCUT2D eigenvalue weighted by Crippen LogP contribution is 2.26. The van der Waals surface area contributed by atoms with E-state index in [2.05, 4.69) is 20.8 Å². The third kappa shape index (κ3) is 8.58. The summed E-state index contributed by atoms with van der Waals surface area (Å²) in [6, 6.07) is 2.88. The summed E-state index contributed by atoms with van der Waals surface area (Å²) in [6.07, 6.45) is -0.679. The van der Waals surface area contributed by atoms with Crippen LogP contribution in [0, 0.1) is 12.8 Å². The van der Waals surface area contributed by atoms with Crippen molar-refractivity contribution in [1.29, 1.82) is 0 Å². The van der Waals surface area contributed by atoms with E-state index >= 15 is 0 Å². The predicted molar refractivity (Wildman–Crippen MR) is 138 cm³/mol. The molecular formula is C26H35N5O8. The number of rotatable bonds is 13. The van der Waals surface area contributed by atoms with E-state index in [9.17, 15) is 24.3 Å². The maximum atomic E-state index is 13.2. The van der Waals surface area contributed by atoms with Crippen molar-refractivity contribution in [2.75, 3.05) is 40.0 Å². The van der Waals surface area contributed by atoms with Crippen molar-refractivity contribution >= 4 is 23.6 Å². The molecule has 212 valence electrons. The van der Waals surface area contributed by atoms with Crippen molar-refractivity contribution in [3.05, 3.63) is 29.6 Å². The lowest BCUT2D eigenvalue weighted by atomic mass is 10.0. The molecular weight excluding hydrogens is 510 g/mol. The van der Waals surface area contributed by atoms with Gasteiger partial charge in [0.15, 0.2) is 11.6 Å². The highest BCUT2D eigenvalue weighted by Gasteiger charge is 2.31. The highest BCUT2D eigenvalue weighted by atomic mass is 16.5. The summed E-state index contributed by atoms with van der Waals surface area (Å²) in [5, 5.41) is 18.4. The number of aromatic nitrogens is 2. The van der Waals surface area contributed by atoms with E-state index in [0.29, 0.717) is 54.9 Å². The summed E-state index contributed by atoms with van der Waals surface area (Å²) in [5.41, 5.74) is 1.14. The number of ether oxygens (including phenoxy) is 2. The van der Waals surface area contributed by atoms with Crippen LogP contribution in [0.15, 0.2) is 22.7 Å². The smallest absolute Gasteiger partial charge is 0.305 e. The molecule has 39 heavy (non-hydrogen) atoms. The second-order valence-corrected chi connectivity index (χ2v) is 9.65. The number of ketones is 1. The molecule has 1 aromatic heterocycles. The Morgan fingerprint density at radius 2 is 1.87 bits per heavy atom. The minimum Gasteiger partial charge on any atom is -0.496 e. The number of methoxy groups -OCH3 is 1. The van der Waals surface area contributed by atoms with Gasteiger partial charge in [0, 0.05) is 24.2 Å². The van der Waals surface area contributed by atoms with Gasteiger partial charge < -0.3 is 29.7 Å². The van der Waals surface area contributed by atoms with Gasteiger partial charge in [0.2, 0.25) is 11.8 Å². The zero-order valence-corrected chi connectivity index (χ0v) is 22.6. The molecule has 2 amide bonds. The Kier molecular flexibility index (Phi) is 10.5. The molecule has 0 aliphatic carbocycles. The quantitative estimate of drug-likeness (QED) is 0.322. The number of morpholine rings is 1. The summed E-state index contributed by atoms with van der Waals surface area (Å²) < 4.78 is 15.9. The SMILES string of the molecule is COc1ccc(-c2nc(C)no2)cc1CC(=O)N[C@H](C(=O)NC(CC(=O)O)C(=O)CN1CCOCC1)C(C)C. The number of carbonyl (C=O) groups is 4. The first-order chi connectivity index (χ1) is 18.6. The van der Waals surface area contributed by atoms with Gasteiger partial charge in [-0.15, -0.1) is 0 Å². The van der Waals surface area contributed by atoms with Crippen LogP contribution in [-0.4, -0.2) is 95.8 Å². The maximum absolute atomic E-state index is 13.2. The van der Waals surface area contributed by atoms with E-state index < -0.39 is 42.1 Å². The van der Waals surface area contributed by atoms with Gasteiger partial charge in [-0.05, 0) is 31.0 Å². The zero-order chi connectivity index (χ0) is 28.5. The molecule has 0 bridgehead atoms. The number of carbonyl (C=O) groups excluding carboxylic acids is 3. The number of Topliss-reactive ketones (excluding diaryl/α,β-unsaturated/α-hetero) is 1. The molecule has 1 aromatic carbocycles. The molecule has 0 radical (unpaired) electrons. The first-order valence-electron chi connectivity index (χ1n) is 12.7. The molecule has 3 N–H and O–H groups in total. The number of nitrogens with zero attached hydrogens (tertiary/aromatic N) is 3. The molecule has 1 unspecified atom stereocenters. The Balaban J connectivity index is 1.69. The summed E-state index contributed by atoms with van der Waals surface area (Å²) in [4.78, 5) is 56.6. The van der Waals surface area contributed by atoms with Crippen molar-refractivity contribution in [2.45, 2.75) is 45.7 Å². The molecule has 1 aliphatic heterocycles. The summed E-state index contributed by atoms with van der Waals surface area (Å²) in [7, 11) is 1.48. The normalized spacial score (nSPS) is 15.4. The molecule has 0 spiro atoms. The minimum atomic E-state index is -1.23. The number of nitrogens with one attached hydrogen (secondary N) is 2. The van der Waals surface area contributed by atoms with Gasteiger partial charge in [-0.2, -0.15) is 4.98 Å². The molecule has 1 aliphatic rings. The van der Waals surface area contributed by atoms with Crippen LogP contribution in [-0.2, 0) is 30.3 Å². The van der Waals surface area contributed by atoms with Gasteiger partial charge in [0.1, 0.15) is 11.8 Å². The van der Waals surface area contributed by atoms with Crippen LogP contribution in [0.3, 0.4) is 0 Å². The van der Waals surface area contributed by atoms with Crippen LogP contribution in [0.5, 0.6) is 5.75 Å². The van der Waals surface area contributed by atoms with Crippen LogP contribution in [0.1, 0.15) is 31.7 Å². The lowest BCUT2D eigenvalue weighted by Crippen LogP contribution is -2.55. The van der Waals surface area contributed by atoms with Gasteiger partial charge in [0.05, 0.1) is 45.8 Å². The number of aliphatic carboxylic acids is 1. The Labute approximate surface area is 226 Å². The van der Waals surface area contributed by atoms with E-state index in [0.717, 1.165) is 0 Å². The Hall–Kier alpha value is -3.84. The first-order valence-corrected chi connectivity index (χ1v) is 12.7. The monoisotopic (exact) mass is 545 g/mol. The summed E-state index contributed by atoms with van der Waals surface area (Å²) in [5.74, 6) is -1.85.